The highest BCUT2D eigenvalue weighted by Crippen LogP contribution is 2.44. The third-order valence-electron chi connectivity index (χ3n) is 4.29. The highest BCUT2D eigenvalue weighted by molar-refractivity contribution is 7.33. The molecule has 0 spiro atoms. The van der Waals surface area contributed by atoms with E-state index in [2.05, 4.69) is 17.0 Å². The van der Waals surface area contributed by atoms with Gasteiger partial charge in [-0.05, 0) is 24.3 Å². The monoisotopic (exact) mass is 362 g/mol. The van der Waals surface area contributed by atoms with Gasteiger partial charge >= 0.3 is 8.25 Å². The molecule has 4 rings (SSSR count). The van der Waals surface area contributed by atoms with E-state index >= 15 is 0 Å². The summed E-state index contributed by atoms with van der Waals surface area (Å²) < 4.78 is 23.0. The molecule has 0 radical (unpaired) electrons. The van der Waals surface area contributed by atoms with Crippen molar-refractivity contribution in [3.63, 3.8) is 0 Å². The van der Waals surface area contributed by atoms with Gasteiger partial charge in [0.15, 0.2) is 12.0 Å². The van der Waals surface area contributed by atoms with Crippen LogP contribution in [0.5, 0.6) is 5.75 Å². The quantitative estimate of drug-likeness (QED) is 0.427. The fourth-order valence-corrected chi connectivity index (χ4v) is 3.60. The molecule has 1 aliphatic heterocycles. The van der Waals surface area contributed by atoms with Crippen molar-refractivity contribution in [1.82, 2.24) is 0 Å². The van der Waals surface area contributed by atoms with Crippen LogP contribution >= 0.6 is 8.25 Å². The van der Waals surface area contributed by atoms with E-state index in [-0.39, 0.29) is 0 Å². The van der Waals surface area contributed by atoms with E-state index in [1.165, 1.54) is 6.26 Å². The van der Waals surface area contributed by atoms with Crippen LogP contribution in [0.25, 0.3) is 5.57 Å². The normalized spacial score (nSPS) is 12.7. The standard InChI is InChI=1S/C21H17NO3P/c1-22-20-13-7-5-11-17(20)19(18-12-6-8-14-21(18)22)15-24-26(23)25-16-9-3-2-4-10-16/h2-15H,1H3/q+1. The molecule has 0 N–H and O–H groups in total. The Morgan fingerprint density at radius 3 is 1.96 bits per heavy atom. The Bertz CT molecular complexity index is 936. The Balaban J connectivity index is 1.66. The Morgan fingerprint density at radius 2 is 1.35 bits per heavy atom. The van der Waals surface area contributed by atoms with Gasteiger partial charge in [-0.3, -0.25) is 0 Å². The fraction of sp³-hybridized carbons (Fsp3) is 0.0476. The van der Waals surface area contributed by atoms with E-state index in [4.69, 9.17) is 9.05 Å². The van der Waals surface area contributed by atoms with Crippen LogP contribution in [-0.4, -0.2) is 7.05 Å². The Morgan fingerprint density at radius 1 is 0.808 bits per heavy atom. The van der Waals surface area contributed by atoms with Crippen LogP contribution < -0.4 is 9.42 Å². The van der Waals surface area contributed by atoms with Crippen molar-refractivity contribution in [3.05, 3.63) is 96.3 Å². The lowest BCUT2D eigenvalue weighted by molar-refractivity contribution is 0.384. The second-order valence-corrected chi connectivity index (χ2v) is 6.70. The van der Waals surface area contributed by atoms with Crippen molar-refractivity contribution >= 4 is 25.2 Å². The molecule has 0 aliphatic carbocycles. The van der Waals surface area contributed by atoms with Crippen LogP contribution in [0.15, 0.2) is 85.1 Å². The lowest BCUT2D eigenvalue weighted by Gasteiger charge is -2.31. The molecule has 128 valence electrons. The molecule has 0 fully saturated rings. The number of anilines is 2. The summed E-state index contributed by atoms with van der Waals surface area (Å²) in [5.41, 5.74) is 5.07. The molecule has 0 amide bonds. The molecule has 0 aromatic heterocycles. The van der Waals surface area contributed by atoms with Crippen LogP contribution in [0, 0.1) is 0 Å². The zero-order valence-corrected chi connectivity index (χ0v) is 15.1. The lowest BCUT2D eigenvalue weighted by atomic mass is 9.91. The first-order valence-electron chi connectivity index (χ1n) is 8.24. The predicted octanol–water partition coefficient (Wildman–Crippen LogP) is 5.91. The maximum absolute atomic E-state index is 12.2. The van der Waals surface area contributed by atoms with Gasteiger partial charge in [0.25, 0.3) is 0 Å². The SMILES string of the molecule is CN1c2ccccc2C(=CO[P+](=O)Oc2ccccc2)c2ccccc21. The number of hydrogen-bond acceptors (Lipinski definition) is 4. The zero-order chi connectivity index (χ0) is 17.9. The van der Waals surface area contributed by atoms with E-state index in [0.717, 1.165) is 28.1 Å². The topological polar surface area (TPSA) is 38.8 Å². The molecule has 0 saturated heterocycles. The Hall–Kier alpha value is -3.10. The average molecular weight is 362 g/mol. The molecule has 4 nitrogen and oxygen atoms in total. The molecular formula is C21H17NO3P+. The summed E-state index contributed by atoms with van der Waals surface area (Å²) in [6.45, 7) is 0. The van der Waals surface area contributed by atoms with E-state index in [1.807, 2.05) is 61.6 Å². The first kappa shape index (κ1) is 16.4. The number of rotatable bonds is 4. The third-order valence-corrected chi connectivity index (χ3v) is 4.93. The summed E-state index contributed by atoms with van der Waals surface area (Å²) in [4.78, 5) is 2.14. The third kappa shape index (κ3) is 3.07. The van der Waals surface area contributed by atoms with Gasteiger partial charge in [-0.1, -0.05) is 54.6 Å². The minimum absolute atomic E-state index is 0.510. The highest BCUT2D eigenvalue weighted by atomic mass is 31.1. The highest BCUT2D eigenvalue weighted by Gasteiger charge is 2.27. The summed E-state index contributed by atoms with van der Waals surface area (Å²) in [7, 11) is -0.275. The van der Waals surface area contributed by atoms with Crippen LogP contribution in [0.3, 0.4) is 0 Å². The minimum atomic E-state index is -2.31. The predicted molar refractivity (Wildman–Crippen MR) is 104 cm³/mol. The second-order valence-electron chi connectivity index (χ2n) is 5.86. The van der Waals surface area contributed by atoms with Crippen LogP contribution in [0.2, 0.25) is 0 Å². The molecular weight excluding hydrogens is 345 g/mol. The second kappa shape index (κ2) is 7.03. The molecule has 0 saturated carbocycles. The smallest absolute Gasteiger partial charge is 0.344 e. The van der Waals surface area contributed by atoms with Gasteiger partial charge in [0.05, 0.1) is 0 Å². The van der Waals surface area contributed by atoms with Crippen molar-refractivity contribution in [2.24, 2.45) is 0 Å². The van der Waals surface area contributed by atoms with E-state index in [9.17, 15) is 4.57 Å². The van der Waals surface area contributed by atoms with Crippen LogP contribution in [0.1, 0.15) is 11.1 Å². The van der Waals surface area contributed by atoms with E-state index < -0.39 is 8.25 Å². The van der Waals surface area contributed by atoms with Crippen molar-refractivity contribution < 1.29 is 13.6 Å². The van der Waals surface area contributed by atoms with Gasteiger partial charge < -0.3 is 4.90 Å². The minimum Gasteiger partial charge on any atom is -0.344 e. The Kier molecular flexibility index (Phi) is 4.42. The van der Waals surface area contributed by atoms with Gasteiger partial charge in [-0.25, -0.2) is 9.05 Å². The maximum atomic E-state index is 12.2. The zero-order valence-electron chi connectivity index (χ0n) is 14.2. The summed E-state index contributed by atoms with van der Waals surface area (Å²) in [5.74, 6) is 0.510. The molecule has 26 heavy (non-hydrogen) atoms. The molecule has 1 aliphatic rings. The number of benzene rings is 3. The average Bonchev–Trinajstić information content (AvgIpc) is 2.69. The molecule has 3 aromatic rings. The summed E-state index contributed by atoms with van der Waals surface area (Å²) >= 11 is 0. The van der Waals surface area contributed by atoms with E-state index in [1.54, 1.807) is 12.1 Å². The van der Waals surface area contributed by atoms with Gasteiger partial charge in [0.2, 0.25) is 0 Å². The number of para-hydroxylation sites is 3. The fourth-order valence-electron chi connectivity index (χ4n) is 3.07. The summed E-state index contributed by atoms with van der Waals surface area (Å²) in [6, 6.07) is 25.1. The van der Waals surface area contributed by atoms with Crippen molar-refractivity contribution in [2.75, 3.05) is 11.9 Å². The van der Waals surface area contributed by atoms with E-state index in [0.29, 0.717) is 5.75 Å². The molecule has 1 atom stereocenters. The van der Waals surface area contributed by atoms with Gasteiger partial charge in [0.1, 0.15) is 0 Å². The number of fused-ring (bicyclic) bond motifs is 2. The number of hydrogen-bond donors (Lipinski definition) is 0. The van der Waals surface area contributed by atoms with Crippen molar-refractivity contribution in [1.29, 1.82) is 0 Å². The van der Waals surface area contributed by atoms with Crippen LogP contribution in [0.4, 0.5) is 11.4 Å². The first-order chi connectivity index (χ1) is 12.7. The maximum Gasteiger partial charge on any atom is 0.804 e. The molecule has 5 heteroatoms. The molecule has 1 heterocycles. The van der Waals surface area contributed by atoms with Crippen molar-refractivity contribution in [2.45, 2.75) is 0 Å². The van der Waals surface area contributed by atoms with Crippen molar-refractivity contribution in [3.8, 4) is 5.75 Å². The number of nitrogens with zero attached hydrogens (tertiary/aromatic N) is 1. The summed E-state index contributed by atoms with van der Waals surface area (Å²) in [5, 5.41) is 0. The molecule has 1 unspecified atom stereocenters. The van der Waals surface area contributed by atoms with Gasteiger partial charge in [-0.15, -0.1) is 0 Å². The molecule has 0 bridgehead atoms. The first-order valence-corrected chi connectivity index (χ1v) is 9.33. The summed E-state index contributed by atoms with van der Waals surface area (Å²) in [6.07, 6.45) is 1.53. The van der Waals surface area contributed by atoms with Gasteiger partial charge in [-0.2, -0.15) is 0 Å². The van der Waals surface area contributed by atoms with Crippen LogP contribution in [-0.2, 0) is 9.09 Å². The Labute approximate surface area is 153 Å². The lowest BCUT2D eigenvalue weighted by Crippen LogP contribution is -2.17. The largest absolute Gasteiger partial charge is 0.804 e. The molecule has 3 aromatic carbocycles. The van der Waals surface area contributed by atoms with Gasteiger partial charge in [0, 0.05) is 39.7 Å².